The Kier molecular flexibility index (Phi) is 4.17. The topological polar surface area (TPSA) is 55.8 Å². The summed E-state index contributed by atoms with van der Waals surface area (Å²) in [5.74, 6) is 0.0692. The summed E-state index contributed by atoms with van der Waals surface area (Å²) in [4.78, 5) is 10.7. The molecule has 0 aliphatic rings. The van der Waals surface area contributed by atoms with Crippen molar-refractivity contribution in [3.63, 3.8) is 0 Å². The van der Waals surface area contributed by atoms with Gasteiger partial charge in [-0.2, -0.15) is 0 Å². The summed E-state index contributed by atoms with van der Waals surface area (Å²) < 4.78 is 10.2. The first-order chi connectivity index (χ1) is 7.58. The maximum atomic E-state index is 10.7. The summed E-state index contributed by atoms with van der Waals surface area (Å²) in [5.41, 5.74) is 0.924. The van der Waals surface area contributed by atoms with Crippen LogP contribution in [0.2, 0.25) is 0 Å². The largest absolute Gasteiger partial charge is 0.493 e. The Morgan fingerprint density at radius 3 is 2.44 bits per heavy atom. The molecule has 0 radical (unpaired) electrons. The van der Waals surface area contributed by atoms with Crippen LogP contribution in [0.3, 0.4) is 0 Å². The molecule has 0 aromatic heterocycles. The summed E-state index contributed by atoms with van der Waals surface area (Å²) in [5, 5.41) is 8.81. The smallest absolute Gasteiger partial charge is 0.306 e. The number of aliphatic carboxylic acids is 1. The summed E-state index contributed by atoms with van der Waals surface area (Å²) in [6.45, 7) is 1.68. The van der Waals surface area contributed by atoms with Crippen molar-refractivity contribution in [2.45, 2.75) is 13.3 Å². The first kappa shape index (κ1) is 12.4. The first-order valence-corrected chi connectivity index (χ1v) is 5.02. The molecular weight excluding hydrogens is 208 g/mol. The average Bonchev–Trinajstić information content (AvgIpc) is 2.28. The van der Waals surface area contributed by atoms with Crippen LogP contribution in [0.25, 0.3) is 0 Å². The minimum atomic E-state index is -0.796. The van der Waals surface area contributed by atoms with Crippen LogP contribution in [-0.2, 0) is 11.2 Å². The third kappa shape index (κ3) is 2.89. The SMILES string of the molecule is COc1ccc(C[C@H](C)C(=O)O)cc1OC. The van der Waals surface area contributed by atoms with Gasteiger partial charge in [0.05, 0.1) is 20.1 Å². The van der Waals surface area contributed by atoms with Gasteiger partial charge in [-0.05, 0) is 24.1 Å². The van der Waals surface area contributed by atoms with Gasteiger partial charge in [0, 0.05) is 0 Å². The summed E-state index contributed by atoms with van der Waals surface area (Å²) in [6, 6.07) is 5.43. The second-order valence-corrected chi connectivity index (χ2v) is 3.63. The van der Waals surface area contributed by atoms with Gasteiger partial charge >= 0.3 is 5.97 Å². The zero-order valence-electron chi connectivity index (χ0n) is 9.69. The molecule has 0 aliphatic carbocycles. The molecule has 4 nitrogen and oxygen atoms in total. The van der Waals surface area contributed by atoms with E-state index in [2.05, 4.69) is 0 Å². The zero-order valence-corrected chi connectivity index (χ0v) is 9.69. The molecule has 0 heterocycles. The van der Waals surface area contributed by atoms with E-state index in [1.807, 2.05) is 6.07 Å². The predicted octanol–water partition coefficient (Wildman–Crippen LogP) is 1.97. The van der Waals surface area contributed by atoms with E-state index < -0.39 is 11.9 Å². The van der Waals surface area contributed by atoms with E-state index in [1.165, 1.54) is 0 Å². The maximum Gasteiger partial charge on any atom is 0.306 e. The molecule has 16 heavy (non-hydrogen) atoms. The van der Waals surface area contributed by atoms with E-state index in [-0.39, 0.29) is 0 Å². The van der Waals surface area contributed by atoms with Crippen molar-refractivity contribution < 1.29 is 19.4 Å². The van der Waals surface area contributed by atoms with Crippen LogP contribution in [0.4, 0.5) is 0 Å². The number of benzene rings is 1. The predicted molar refractivity (Wildman–Crippen MR) is 60.0 cm³/mol. The van der Waals surface area contributed by atoms with Crippen molar-refractivity contribution in [1.82, 2.24) is 0 Å². The Hall–Kier alpha value is -1.71. The Bertz CT molecular complexity index is 373. The molecule has 0 bridgehead atoms. The molecule has 0 saturated carbocycles. The molecule has 0 spiro atoms. The minimum Gasteiger partial charge on any atom is -0.493 e. The van der Waals surface area contributed by atoms with Crippen LogP contribution in [-0.4, -0.2) is 25.3 Å². The fraction of sp³-hybridized carbons (Fsp3) is 0.417. The fourth-order valence-corrected chi connectivity index (χ4v) is 1.45. The number of carbonyl (C=O) groups is 1. The van der Waals surface area contributed by atoms with Gasteiger partial charge in [-0.25, -0.2) is 0 Å². The van der Waals surface area contributed by atoms with Crippen LogP contribution in [0.5, 0.6) is 11.5 Å². The monoisotopic (exact) mass is 224 g/mol. The first-order valence-electron chi connectivity index (χ1n) is 5.02. The van der Waals surface area contributed by atoms with Gasteiger partial charge in [0.1, 0.15) is 0 Å². The van der Waals surface area contributed by atoms with Crippen LogP contribution >= 0.6 is 0 Å². The highest BCUT2D eigenvalue weighted by atomic mass is 16.5. The summed E-state index contributed by atoms with van der Waals surface area (Å²) >= 11 is 0. The van der Waals surface area contributed by atoms with E-state index >= 15 is 0 Å². The molecule has 1 aromatic carbocycles. The number of ether oxygens (including phenoxy) is 2. The maximum absolute atomic E-state index is 10.7. The highest BCUT2D eigenvalue weighted by Crippen LogP contribution is 2.28. The lowest BCUT2D eigenvalue weighted by atomic mass is 10.0. The quantitative estimate of drug-likeness (QED) is 0.830. The van der Waals surface area contributed by atoms with Gasteiger partial charge in [-0.15, -0.1) is 0 Å². The van der Waals surface area contributed by atoms with E-state index in [9.17, 15) is 4.79 Å². The van der Waals surface area contributed by atoms with Gasteiger partial charge in [-0.3, -0.25) is 4.79 Å². The number of hydrogen-bond acceptors (Lipinski definition) is 3. The molecule has 1 N–H and O–H groups in total. The molecule has 1 aromatic rings. The Labute approximate surface area is 94.8 Å². The van der Waals surface area contributed by atoms with Crippen molar-refractivity contribution in [3.05, 3.63) is 23.8 Å². The molecule has 0 amide bonds. The summed E-state index contributed by atoms with van der Waals surface area (Å²) in [6.07, 6.45) is 0.482. The van der Waals surface area contributed by atoms with Crippen LogP contribution in [0, 0.1) is 5.92 Å². The lowest BCUT2D eigenvalue weighted by Gasteiger charge is -2.11. The Morgan fingerprint density at radius 1 is 1.31 bits per heavy atom. The summed E-state index contributed by atoms with van der Waals surface area (Å²) in [7, 11) is 3.12. The molecule has 1 atom stereocenters. The second kappa shape index (κ2) is 5.39. The fourth-order valence-electron chi connectivity index (χ4n) is 1.45. The van der Waals surface area contributed by atoms with Crippen LogP contribution < -0.4 is 9.47 Å². The second-order valence-electron chi connectivity index (χ2n) is 3.63. The number of methoxy groups -OCH3 is 2. The van der Waals surface area contributed by atoms with E-state index in [0.717, 1.165) is 5.56 Å². The van der Waals surface area contributed by atoms with Crippen LogP contribution in [0.1, 0.15) is 12.5 Å². The van der Waals surface area contributed by atoms with Gasteiger partial charge in [0.15, 0.2) is 11.5 Å². The van der Waals surface area contributed by atoms with E-state index in [4.69, 9.17) is 14.6 Å². The highest BCUT2D eigenvalue weighted by Gasteiger charge is 2.13. The Balaban J connectivity index is 2.86. The molecule has 4 heteroatoms. The van der Waals surface area contributed by atoms with Crippen LogP contribution in [0.15, 0.2) is 18.2 Å². The number of carboxylic acid groups (broad SMARTS) is 1. The third-order valence-electron chi connectivity index (χ3n) is 2.41. The standard InChI is InChI=1S/C12H16O4/c1-8(12(13)14)6-9-4-5-10(15-2)11(7-9)16-3/h4-5,7-8H,6H2,1-3H3,(H,13,14)/t8-/m0/s1. The normalized spacial score (nSPS) is 11.9. The van der Waals surface area contributed by atoms with Crippen molar-refractivity contribution in [2.24, 2.45) is 5.92 Å². The zero-order chi connectivity index (χ0) is 12.1. The third-order valence-corrected chi connectivity index (χ3v) is 2.41. The van der Waals surface area contributed by atoms with Crippen molar-refractivity contribution in [3.8, 4) is 11.5 Å². The van der Waals surface area contributed by atoms with Gasteiger partial charge in [-0.1, -0.05) is 13.0 Å². The Morgan fingerprint density at radius 2 is 1.94 bits per heavy atom. The highest BCUT2D eigenvalue weighted by molar-refractivity contribution is 5.70. The molecule has 0 unspecified atom stereocenters. The molecule has 0 fully saturated rings. The van der Waals surface area contributed by atoms with Gasteiger partial charge in [0.2, 0.25) is 0 Å². The van der Waals surface area contributed by atoms with Gasteiger partial charge in [0.25, 0.3) is 0 Å². The molecular formula is C12H16O4. The van der Waals surface area contributed by atoms with E-state index in [1.54, 1.807) is 33.3 Å². The van der Waals surface area contributed by atoms with Gasteiger partial charge < -0.3 is 14.6 Å². The molecule has 88 valence electrons. The molecule has 1 rings (SSSR count). The lowest BCUT2D eigenvalue weighted by Crippen LogP contribution is -2.12. The number of hydrogen-bond donors (Lipinski definition) is 1. The minimum absolute atomic E-state index is 0.405. The van der Waals surface area contributed by atoms with E-state index in [0.29, 0.717) is 17.9 Å². The average molecular weight is 224 g/mol. The molecule has 0 saturated heterocycles. The van der Waals surface area contributed by atoms with Crippen molar-refractivity contribution >= 4 is 5.97 Å². The number of rotatable bonds is 5. The molecule has 0 aliphatic heterocycles. The lowest BCUT2D eigenvalue weighted by molar-refractivity contribution is -0.141. The number of carboxylic acids is 1. The van der Waals surface area contributed by atoms with Crippen molar-refractivity contribution in [2.75, 3.05) is 14.2 Å². The van der Waals surface area contributed by atoms with Crippen molar-refractivity contribution in [1.29, 1.82) is 0 Å².